The summed E-state index contributed by atoms with van der Waals surface area (Å²) in [4.78, 5) is 43.1. The van der Waals surface area contributed by atoms with Gasteiger partial charge in [0.15, 0.2) is 5.92 Å². The molecule has 1 aliphatic carbocycles. The van der Waals surface area contributed by atoms with Crippen LogP contribution in [-0.4, -0.2) is 36.7 Å². The molecule has 0 bridgehead atoms. The maximum absolute atomic E-state index is 10.9. The number of carbonyl (C=O) groups excluding carboxylic acids is 4. The lowest BCUT2D eigenvalue weighted by molar-refractivity contribution is -0.155. The van der Waals surface area contributed by atoms with Crippen molar-refractivity contribution in [1.29, 1.82) is 0 Å². The van der Waals surface area contributed by atoms with Crippen LogP contribution < -0.4 is 0 Å². The first-order chi connectivity index (χ1) is 10.5. The number of hydrogen-bond donors (Lipinski definition) is 0. The molecule has 2 fully saturated rings. The summed E-state index contributed by atoms with van der Waals surface area (Å²) in [6, 6.07) is 0. The maximum Gasteiger partial charge on any atom is 0.320 e. The van der Waals surface area contributed by atoms with E-state index in [2.05, 4.69) is 9.47 Å². The van der Waals surface area contributed by atoms with E-state index >= 15 is 0 Å². The molecule has 0 spiro atoms. The van der Waals surface area contributed by atoms with Gasteiger partial charge in [-0.3, -0.25) is 19.2 Å². The zero-order valence-electron chi connectivity index (χ0n) is 13.8. The lowest BCUT2D eigenvalue weighted by Crippen LogP contribution is -2.21. The second kappa shape index (κ2) is 9.26. The Hall–Kier alpha value is -1.72. The van der Waals surface area contributed by atoms with Crippen molar-refractivity contribution in [3.63, 3.8) is 0 Å². The summed E-state index contributed by atoms with van der Waals surface area (Å²) < 4.78 is 19.2. The van der Waals surface area contributed by atoms with Crippen LogP contribution in [-0.2, 0) is 28.7 Å². The summed E-state index contributed by atoms with van der Waals surface area (Å²) in [6.07, 6.45) is 2.76. The van der Waals surface area contributed by atoms with Crippen LogP contribution in [0.1, 0.15) is 51.4 Å². The molecule has 6 nitrogen and oxygen atoms in total. The molecule has 0 aromatic rings. The molecule has 2 unspecified atom stereocenters. The molecule has 1 aliphatic heterocycles. The van der Waals surface area contributed by atoms with E-state index in [1.165, 1.54) is 6.92 Å². The van der Waals surface area contributed by atoms with Crippen LogP contribution in [0.15, 0.2) is 0 Å². The summed E-state index contributed by atoms with van der Waals surface area (Å²) in [5.41, 5.74) is 0. The van der Waals surface area contributed by atoms with E-state index in [1.807, 2.05) is 0 Å². The molecule has 0 amide bonds. The van der Waals surface area contributed by atoms with E-state index in [9.17, 15) is 19.2 Å². The van der Waals surface area contributed by atoms with Crippen molar-refractivity contribution >= 4 is 23.5 Å². The van der Waals surface area contributed by atoms with Crippen molar-refractivity contribution in [2.45, 2.75) is 47.0 Å². The van der Waals surface area contributed by atoms with Crippen molar-refractivity contribution in [3.8, 4) is 0 Å². The van der Waals surface area contributed by atoms with Crippen LogP contribution in [0.5, 0.6) is 0 Å². The molecule has 1 saturated carbocycles. The fourth-order valence-electron chi connectivity index (χ4n) is 2.20. The van der Waals surface area contributed by atoms with Gasteiger partial charge in [0.25, 0.3) is 0 Å². The highest BCUT2D eigenvalue weighted by molar-refractivity contribution is 6.02. The number of esters is 2. The molecule has 2 rings (SSSR count). The Kier molecular flexibility index (Phi) is 7.64. The Morgan fingerprint density at radius 1 is 1.33 bits per heavy atom. The van der Waals surface area contributed by atoms with Gasteiger partial charge in [0.05, 0.1) is 19.1 Å². The molecule has 6 heteroatoms. The van der Waals surface area contributed by atoms with Crippen molar-refractivity contribution in [2.24, 2.45) is 11.8 Å². The number of ketones is 2. The summed E-state index contributed by atoms with van der Waals surface area (Å²) in [6.45, 7) is 3.84. The summed E-state index contributed by atoms with van der Waals surface area (Å²) in [7, 11) is 0. The Bertz CT molecular complexity index is 414. The van der Waals surface area contributed by atoms with Gasteiger partial charge >= 0.3 is 11.9 Å². The molecule has 2 atom stereocenters. The van der Waals surface area contributed by atoms with Crippen LogP contribution >= 0.6 is 0 Å². The average Bonchev–Trinajstić information content (AvgIpc) is 3.10. The topological polar surface area (TPSA) is 86.7 Å². The number of cyclic esters (lactones) is 1. The van der Waals surface area contributed by atoms with Crippen LogP contribution in [0, 0.1) is 11.8 Å². The number of rotatable bonds is 3. The molecule has 0 aromatic carbocycles. The summed E-state index contributed by atoms with van der Waals surface area (Å²) in [5.74, 6) is -1.65. The first-order valence-corrected chi connectivity index (χ1v) is 6.83. The van der Waals surface area contributed by atoms with Crippen molar-refractivity contribution in [1.82, 2.24) is 0 Å². The van der Waals surface area contributed by atoms with Gasteiger partial charge in [-0.15, -0.1) is 0 Å². The highest BCUT2D eigenvalue weighted by Gasteiger charge is 2.34. The lowest BCUT2D eigenvalue weighted by atomic mass is 10.0. The van der Waals surface area contributed by atoms with Gasteiger partial charge < -0.3 is 9.47 Å². The SMILES string of the molecule is C.CC(=O)C1CCCC1=O.CCOC(=O)C1CCOC1=O.[2HH].[2H][2H]. The van der Waals surface area contributed by atoms with E-state index in [1.54, 1.807) is 6.92 Å². The molecule has 1 heterocycles. The zero-order valence-corrected chi connectivity index (χ0v) is 11.8. The molecular weight excluding hydrogens is 276 g/mol. The van der Waals surface area contributed by atoms with Crippen LogP contribution in [0.3, 0.4) is 0 Å². The molecule has 2 aliphatic rings. The number of carbonyl (C=O) groups is 4. The predicted octanol–water partition coefficient (Wildman–Crippen LogP) is 2.19. The molecule has 0 aromatic heterocycles. The van der Waals surface area contributed by atoms with Crippen molar-refractivity contribution in [2.75, 3.05) is 13.2 Å². The lowest BCUT2D eigenvalue weighted by Gasteiger charge is -2.03. The third-order valence-corrected chi connectivity index (χ3v) is 3.30. The van der Waals surface area contributed by atoms with E-state index in [0.29, 0.717) is 26.1 Å². The van der Waals surface area contributed by atoms with Crippen LogP contribution in [0.2, 0.25) is 0 Å². The number of Topliss-reactive ketones (excluding diaryl/α,β-unsaturated/α-hetero) is 2. The second-order valence-electron chi connectivity index (χ2n) is 4.78. The van der Waals surface area contributed by atoms with E-state index in [0.717, 1.165) is 12.8 Å². The van der Waals surface area contributed by atoms with Gasteiger partial charge in [0, 0.05) is 17.2 Å². The molecular formula is C15H28O6. The van der Waals surface area contributed by atoms with Gasteiger partial charge in [0.2, 0.25) is 0 Å². The molecule has 0 radical (unpaired) electrons. The predicted molar refractivity (Wildman–Crippen MR) is 79.7 cm³/mol. The number of ether oxygens (including phenoxy) is 2. The highest BCUT2D eigenvalue weighted by Crippen LogP contribution is 2.21. The van der Waals surface area contributed by atoms with E-state index in [-0.39, 0.29) is 26.3 Å². The standard InChI is InChI=1S/C7H10O4.C7H10O2.CH4.2H2/c1-2-10-6(8)5-3-4-11-7(5)9;1-5(8)6-3-2-4-7(6)9;;;/h5H,2-4H2,1H3;6H,2-4H2,1H3;1H4;2*1H/i;;;1+1D;1+1. The number of hydrogen-bond acceptors (Lipinski definition) is 6. The normalized spacial score (nSPS) is 23.9. The van der Waals surface area contributed by atoms with Gasteiger partial charge in [-0.05, 0) is 26.7 Å². The minimum atomic E-state index is -0.671. The van der Waals surface area contributed by atoms with E-state index in [4.69, 9.17) is 2.97 Å². The van der Waals surface area contributed by atoms with Gasteiger partial charge in [-0.1, -0.05) is 7.43 Å². The third kappa shape index (κ3) is 5.65. The monoisotopic (exact) mass is 307 g/mol. The average molecular weight is 307 g/mol. The third-order valence-electron chi connectivity index (χ3n) is 3.30. The van der Waals surface area contributed by atoms with Gasteiger partial charge in [-0.25, -0.2) is 0 Å². The molecule has 1 saturated heterocycles. The fraction of sp³-hybridized carbons (Fsp3) is 0.733. The summed E-state index contributed by atoms with van der Waals surface area (Å²) in [5, 5.41) is 0. The Morgan fingerprint density at radius 3 is 2.33 bits per heavy atom. The molecule has 124 valence electrons. The van der Waals surface area contributed by atoms with Gasteiger partial charge in [0.1, 0.15) is 11.6 Å². The molecule has 0 N–H and O–H groups in total. The minimum absolute atomic E-state index is 0. The minimum Gasteiger partial charge on any atom is -0.465 e. The largest absolute Gasteiger partial charge is 0.465 e. The Balaban J connectivity index is -0.000000313. The smallest absolute Gasteiger partial charge is 0.320 e. The zero-order chi connectivity index (χ0) is 17.1. The highest BCUT2D eigenvalue weighted by atomic mass is 16.6. The first-order valence-electron chi connectivity index (χ1n) is 7.83. The Labute approximate surface area is 129 Å². The first kappa shape index (κ1) is 17.3. The molecule has 21 heavy (non-hydrogen) atoms. The van der Waals surface area contributed by atoms with Crippen LogP contribution in [0.4, 0.5) is 0 Å². The van der Waals surface area contributed by atoms with Crippen molar-refractivity contribution in [3.05, 3.63) is 0 Å². The summed E-state index contributed by atoms with van der Waals surface area (Å²) >= 11 is 0. The van der Waals surface area contributed by atoms with Gasteiger partial charge in [-0.2, -0.15) is 0 Å². The maximum atomic E-state index is 10.9. The fourth-order valence-corrected chi connectivity index (χ4v) is 2.20. The quantitative estimate of drug-likeness (QED) is 0.586. The second-order valence-corrected chi connectivity index (χ2v) is 4.78. The Morgan fingerprint density at radius 2 is 2.00 bits per heavy atom. The van der Waals surface area contributed by atoms with Crippen LogP contribution in [0.25, 0.3) is 0 Å². The van der Waals surface area contributed by atoms with Crippen molar-refractivity contribution < 1.29 is 33.0 Å². The van der Waals surface area contributed by atoms with E-state index < -0.39 is 17.9 Å².